The van der Waals surface area contributed by atoms with E-state index in [2.05, 4.69) is 0 Å². The second kappa shape index (κ2) is 2.62. The summed E-state index contributed by atoms with van der Waals surface area (Å²) in [6.45, 7) is 1.92. The van der Waals surface area contributed by atoms with Crippen molar-refractivity contribution >= 4 is 16.7 Å². The van der Waals surface area contributed by atoms with Gasteiger partial charge in [0.1, 0.15) is 17.5 Å². The van der Waals surface area contributed by atoms with E-state index in [0.29, 0.717) is 11.0 Å². The summed E-state index contributed by atoms with van der Waals surface area (Å²) in [6.07, 6.45) is 1.28. The Bertz CT molecular complexity index is 509. The van der Waals surface area contributed by atoms with Gasteiger partial charge in [-0.25, -0.2) is 0 Å². The third-order valence-electron chi connectivity index (χ3n) is 1.95. The number of aryl methyl sites for hydroxylation is 1. The molecule has 13 heavy (non-hydrogen) atoms. The summed E-state index contributed by atoms with van der Waals surface area (Å²) >= 11 is 0. The average Bonchev–Trinajstić information content (AvgIpc) is 2.12. The molecule has 1 heterocycles. The van der Waals surface area contributed by atoms with Crippen molar-refractivity contribution in [3.05, 3.63) is 40.2 Å². The molecule has 1 aromatic heterocycles. The highest BCUT2D eigenvalue weighted by atomic mass is 16.3. The van der Waals surface area contributed by atoms with Gasteiger partial charge in [0, 0.05) is 0 Å². The summed E-state index contributed by atoms with van der Waals surface area (Å²) in [5.74, 6) is 0. The van der Waals surface area contributed by atoms with Gasteiger partial charge in [-0.05, 0) is 19.1 Å². The fraction of sp³-hybridized carbons (Fsp3) is 0.100. The molecule has 2 rings (SSSR count). The quantitative estimate of drug-likeness (QED) is 0.662. The van der Waals surface area contributed by atoms with E-state index >= 15 is 0 Å². The summed E-state index contributed by atoms with van der Waals surface area (Å²) in [5.41, 5.74) is 7.01. The van der Waals surface area contributed by atoms with Crippen molar-refractivity contribution in [1.82, 2.24) is 0 Å². The van der Waals surface area contributed by atoms with Crippen molar-refractivity contribution in [3.8, 4) is 0 Å². The third-order valence-corrected chi connectivity index (χ3v) is 1.95. The minimum atomic E-state index is -0.162. The van der Waals surface area contributed by atoms with Crippen LogP contribution < -0.4 is 11.2 Å². The molecule has 0 atom stereocenters. The standard InChI is InChI=1S/C10H9NO2/c1-6-2-3-9-7(4-6)10(12)8(11)5-13-9/h2-5H,11H2,1H3. The van der Waals surface area contributed by atoms with Crippen LogP contribution in [-0.4, -0.2) is 0 Å². The van der Waals surface area contributed by atoms with Crippen LogP contribution in [-0.2, 0) is 0 Å². The van der Waals surface area contributed by atoms with Crippen LogP contribution in [0.25, 0.3) is 11.0 Å². The van der Waals surface area contributed by atoms with Gasteiger partial charge >= 0.3 is 0 Å². The Morgan fingerprint density at radius 3 is 2.92 bits per heavy atom. The Hall–Kier alpha value is -1.77. The molecule has 1 aromatic carbocycles. The number of rotatable bonds is 0. The predicted octanol–water partition coefficient (Wildman–Crippen LogP) is 1.68. The van der Waals surface area contributed by atoms with Crippen molar-refractivity contribution in [1.29, 1.82) is 0 Å². The van der Waals surface area contributed by atoms with Crippen molar-refractivity contribution in [2.24, 2.45) is 0 Å². The third kappa shape index (κ3) is 1.18. The smallest absolute Gasteiger partial charge is 0.215 e. The maximum Gasteiger partial charge on any atom is 0.215 e. The normalized spacial score (nSPS) is 10.5. The van der Waals surface area contributed by atoms with E-state index in [9.17, 15) is 4.79 Å². The fourth-order valence-electron chi connectivity index (χ4n) is 1.26. The summed E-state index contributed by atoms with van der Waals surface area (Å²) in [6, 6.07) is 5.44. The number of anilines is 1. The molecular formula is C10H9NO2. The zero-order chi connectivity index (χ0) is 9.42. The molecule has 3 heteroatoms. The van der Waals surface area contributed by atoms with Gasteiger partial charge < -0.3 is 10.2 Å². The Labute approximate surface area is 74.8 Å². The van der Waals surface area contributed by atoms with Crippen LogP contribution in [0, 0.1) is 6.92 Å². The number of hydrogen-bond donors (Lipinski definition) is 1. The van der Waals surface area contributed by atoms with Gasteiger partial charge in [-0.1, -0.05) is 11.6 Å². The second-order valence-electron chi connectivity index (χ2n) is 3.02. The van der Waals surface area contributed by atoms with Crippen LogP contribution in [0.2, 0.25) is 0 Å². The SMILES string of the molecule is Cc1ccc2occ(N)c(=O)c2c1. The van der Waals surface area contributed by atoms with Gasteiger partial charge in [-0.3, -0.25) is 4.79 Å². The topological polar surface area (TPSA) is 56.2 Å². The molecule has 0 saturated carbocycles. The Balaban J connectivity index is 2.97. The molecular weight excluding hydrogens is 166 g/mol. The fourth-order valence-corrected chi connectivity index (χ4v) is 1.26. The van der Waals surface area contributed by atoms with Crippen molar-refractivity contribution in [3.63, 3.8) is 0 Å². The van der Waals surface area contributed by atoms with Gasteiger partial charge in [0.25, 0.3) is 0 Å². The van der Waals surface area contributed by atoms with E-state index in [-0.39, 0.29) is 11.1 Å². The largest absolute Gasteiger partial charge is 0.462 e. The molecule has 0 radical (unpaired) electrons. The number of hydrogen-bond acceptors (Lipinski definition) is 3. The van der Waals surface area contributed by atoms with E-state index in [4.69, 9.17) is 10.2 Å². The summed E-state index contributed by atoms with van der Waals surface area (Å²) in [7, 11) is 0. The van der Waals surface area contributed by atoms with Gasteiger partial charge in [0.2, 0.25) is 5.43 Å². The summed E-state index contributed by atoms with van der Waals surface area (Å²) in [4.78, 5) is 11.5. The van der Waals surface area contributed by atoms with E-state index in [1.165, 1.54) is 6.26 Å². The lowest BCUT2D eigenvalue weighted by molar-refractivity contribution is 0.605. The van der Waals surface area contributed by atoms with Gasteiger partial charge in [0.15, 0.2) is 0 Å². The number of benzene rings is 1. The number of fused-ring (bicyclic) bond motifs is 1. The molecule has 0 spiro atoms. The van der Waals surface area contributed by atoms with Crippen LogP contribution in [0.1, 0.15) is 5.56 Å². The van der Waals surface area contributed by atoms with Gasteiger partial charge in [-0.2, -0.15) is 0 Å². The van der Waals surface area contributed by atoms with Crippen LogP contribution in [0.5, 0.6) is 0 Å². The second-order valence-corrected chi connectivity index (χ2v) is 3.02. The molecule has 66 valence electrons. The Morgan fingerprint density at radius 1 is 1.38 bits per heavy atom. The highest BCUT2D eigenvalue weighted by Crippen LogP contribution is 2.13. The van der Waals surface area contributed by atoms with E-state index in [0.717, 1.165) is 5.56 Å². The highest BCUT2D eigenvalue weighted by molar-refractivity contribution is 5.79. The molecule has 0 aliphatic rings. The summed E-state index contributed by atoms with van der Waals surface area (Å²) < 4.78 is 5.15. The lowest BCUT2D eigenvalue weighted by atomic mass is 10.1. The molecule has 0 fully saturated rings. The van der Waals surface area contributed by atoms with Crippen LogP contribution in [0.4, 0.5) is 5.69 Å². The lowest BCUT2D eigenvalue weighted by Gasteiger charge is -1.98. The predicted molar refractivity (Wildman–Crippen MR) is 51.6 cm³/mol. The first-order chi connectivity index (χ1) is 6.18. The van der Waals surface area contributed by atoms with E-state index in [1.807, 2.05) is 13.0 Å². The minimum absolute atomic E-state index is 0.151. The Kier molecular flexibility index (Phi) is 1.59. The zero-order valence-corrected chi connectivity index (χ0v) is 7.20. The Morgan fingerprint density at radius 2 is 2.15 bits per heavy atom. The van der Waals surface area contributed by atoms with Crippen molar-refractivity contribution in [2.75, 3.05) is 5.73 Å². The molecule has 2 aromatic rings. The minimum Gasteiger partial charge on any atom is -0.462 e. The molecule has 2 N–H and O–H groups in total. The zero-order valence-electron chi connectivity index (χ0n) is 7.20. The number of nitrogen functional groups attached to an aromatic ring is 1. The van der Waals surface area contributed by atoms with Gasteiger partial charge in [-0.15, -0.1) is 0 Å². The van der Waals surface area contributed by atoms with Crippen LogP contribution in [0.15, 0.2) is 33.7 Å². The molecule has 3 nitrogen and oxygen atoms in total. The monoisotopic (exact) mass is 175 g/mol. The first-order valence-corrected chi connectivity index (χ1v) is 3.96. The molecule has 0 amide bonds. The van der Waals surface area contributed by atoms with E-state index < -0.39 is 0 Å². The van der Waals surface area contributed by atoms with Gasteiger partial charge in [0.05, 0.1) is 5.39 Å². The van der Waals surface area contributed by atoms with Crippen LogP contribution >= 0.6 is 0 Å². The van der Waals surface area contributed by atoms with Crippen LogP contribution in [0.3, 0.4) is 0 Å². The van der Waals surface area contributed by atoms with Crippen molar-refractivity contribution in [2.45, 2.75) is 6.92 Å². The number of nitrogens with two attached hydrogens (primary N) is 1. The average molecular weight is 175 g/mol. The molecule has 0 aliphatic carbocycles. The maximum absolute atomic E-state index is 11.5. The highest BCUT2D eigenvalue weighted by Gasteiger charge is 2.03. The lowest BCUT2D eigenvalue weighted by Crippen LogP contribution is -2.07. The molecule has 0 saturated heterocycles. The maximum atomic E-state index is 11.5. The van der Waals surface area contributed by atoms with Crippen molar-refractivity contribution < 1.29 is 4.42 Å². The summed E-state index contributed by atoms with van der Waals surface area (Å²) in [5, 5.41) is 0.542. The molecule has 0 bridgehead atoms. The molecule has 0 unspecified atom stereocenters. The first-order valence-electron chi connectivity index (χ1n) is 3.96. The van der Waals surface area contributed by atoms with E-state index in [1.54, 1.807) is 12.1 Å². The first kappa shape index (κ1) is 7.86. The molecule has 0 aliphatic heterocycles.